The third-order valence-electron chi connectivity index (χ3n) is 10.9. The lowest BCUT2D eigenvalue weighted by Gasteiger charge is -2.22. The number of nitrogens with zero attached hydrogens (tertiary/aromatic N) is 3. The number of allylic oxidation sites excluding steroid dienone is 2. The van der Waals surface area contributed by atoms with Gasteiger partial charge < -0.3 is 9.15 Å². The molecular formula is C51H33N3O2. The van der Waals surface area contributed by atoms with Gasteiger partial charge in [-0.15, -0.1) is 0 Å². The van der Waals surface area contributed by atoms with Gasteiger partial charge in [-0.1, -0.05) is 152 Å². The van der Waals surface area contributed by atoms with Crippen LogP contribution in [0.25, 0.3) is 83.7 Å². The fourth-order valence-corrected chi connectivity index (χ4v) is 8.22. The van der Waals surface area contributed by atoms with Crippen LogP contribution in [-0.4, -0.2) is 21.1 Å². The van der Waals surface area contributed by atoms with E-state index in [1.54, 1.807) is 0 Å². The Morgan fingerprint density at radius 2 is 1.04 bits per heavy atom. The molecule has 2 unspecified atom stereocenters. The highest BCUT2D eigenvalue weighted by atomic mass is 16.5. The second-order valence-electron chi connectivity index (χ2n) is 14.3. The Kier molecular flexibility index (Phi) is 7.56. The highest BCUT2D eigenvalue weighted by Crippen LogP contribution is 2.49. The first-order chi connectivity index (χ1) is 27.7. The van der Waals surface area contributed by atoms with Gasteiger partial charge in [-0.05, 0) is 69.8 Å². The van der Waals surface area contributed by atoms with E-state index in [0.717, 1.165) is 72.2 Å². The van der Waals surface area contributed by atoms with E-state index in [-0.39, 0.29) is 12.0 Å². The van der Waals surface area contributed by atoms with E-state index in [1.807, 2.05) is 42.5 Å². The molecule has 7 aromatic carbocycles. The van der Waals surface area contributed by atoms with Crippen molar-refractivity contribution in [1.82, 2.24) is 15.0 Å². The van der Waals surface area contributed by atoms with Gasteiger partial charge in [0.2, 0.25) is 0 Å². The van der Waals surface area contributed by atoms with Crippen LogP contribution in [0.2, 0.25) is 0 Å². The summed E-state index contributed by atoms with van der Waals surface area (Å²) in [5.41, 5.74) is 12.5. The molecule has 0 spiro atoms. The molecule has 5 heteroatoms. The average molecular weight is 720 g/mol. The summed E-state index contributed by atoms with van der Waals surface area (Å²) >= 11 is 0. The van der Waals surface area contributed by atoms with Gasteiger partial charge in [-0.2, -0.15) is 0 Å². The molecule has 2 aliphatic rings. The fraction of sp³-hybridized carbons (Fsp3) is 0.0392. The number of ether oxygens (including phenoxy) is 1. The van der Waals surface area contributed by atoms with Crippen molar-refractivity contribution in [1.29, 1.82) is 0 Å². The van der Waals surface area contributed by atoms with Crippen molar-refractivity contribution in [2.75, 3.05) is 0 Å². The third kappa shape index (κ3) is 5.52. The van der Waals surface area contributed by atoms with E-state index in [1.165, 1.54) is 11.1 Å². The van der Waals surface area contributed by atoms with Gasteiger partial charge in [0.25, 0.3) is 0 Å². The van der Waals surface area contributed by atoms with Crippen molar-refractivity contribution < 1.29 is 9.15 Å². The normalized spacial score (nSPS) is 15.7. The van der Waals surface area contributed by atoms with E-state index in [0.29, 0.717) is 17.5 Å². The van der Waals surface area contributed by atoms with Gasteiger partial charge in [0.1, 0.15) is 23.0 Å². The molecule has 0 N–H and O–H groups in total. The van der Waals surface area contributed by atoms with Crippen molar-refractivity contribution in [3.63, 3.8) is 0 Å². The number of fused-ring (bicyclic) bond motifs is 6. The molecule has 2 aromatic heterocycles. The monoisotopic (exact) mass is 719 g/mol. The van der Waals surface area contributed by atoms with E-state index >= 15 is 0 Å². The highest BCUT2D eigenvalue weighted by molar-refractivity contribution is 6.11. The summed E-state index contributed by atoms with van der Waals surface area (Å²) in [6.45, 7) is 0. The maximum absolute atomic E-state index is 6.62. The Balaban J connectivity index is 1.05. The van der Waals surface area contributed by atoms with Gasteiger partial charge in [0.05, 0.1) is 5.92 Å². The molecule has 56 heavy (non-hydrogen) atoms. The zero-order chi connectivity index (χ0) is 37.0. The summed E-state index contributed by atoms with van der Waals surface area (Å²) in [5.74, 6) is 2.58. The molecule has 0 bridgehead atoms. The molecule has 0 saturated heterocycles. The molecule has 0 radical (unpaired) electrons. The predicted octanol–water partition coefficient (Wildman–Crippen LogP) is 12.6. The Morgan fingerprint density at radius 1 is 0.446 bits per heavy atom. The Labute approximate surface area is 324 Å². The van der Waals surface area contributed by atoms with Crippen molar-refractivity contribution in [3.05, 3.63) is 199 Å². The molecule has 0 amide bonds. The van der Waals surface area contributed by atoms with Crippen LogP contribution in [0.4, 0.5) is 0 Å². The molecule has 0 saturated carbocycles. The Morgan fingerprint density at radius 3 is 1.86 bits per heavy atom. The minimum atomic E-state index is -0.189. The summed E-state index contributed by atoms with van der Waals surface area (Å²) in [6, 6.07) is 58.8. The molecule has 1 aliphatic carbocycles. The molecule has 5 nitrogen and oxygen atoms in total. The van der Waals surface area contributed by atoms with E-state index < -0.39 is 0 Å². The van der Waals surface area contributed by atoms with Crippen molar-refractivity contribution in [2.45, 2.75) is 12.0 Å². The Bertz CT molecular complexity index is 3000. The molecule has 11 rings (SSSR count). The number of para-hydroxylation sites is 1. The summed E-state index contributed by atoms with van der Waals surface area (Å²) in [7, 11) is 0. The quantitative estimate of drug-likeness (QED) is 0.171. The van der Waals surface area contributed by atoms with Crippen LogP contribution >= 0.6 is 0 Å². The molecule has 3 heterocycles. The summed E-state index contributed by atoms with van der Waals surface area (Å²) in [6.07, 6.45) is 6.14. The maximum atomic E-state index is 6.62. The zero-order valence-electron chi connectivity index (χ0n) is 30.2. The second-order valence-corrected chi connectivity index (χ2v) is 14.3. The highest BCUT2D eigenvalue weighted by Gasteiger charge is 2.39. The lowest BCUT2D eigenvalue weighted by molar-refractivity contribution is 0.271. The third-order valence-corrected chi connectivity index (χ3v) is 10.9. The standard InChI is InChI=1S/C51H33N3O2/c1-3-12-32(13-4-1)34-24-26-35(27-25-34)49-52-50(40-19-10-22-45-47(40)39-18-7-8-21-43(39)55-45)54-51(53-49)41-20-11-23-46-48(41)42-31-38(28-29-44(42)56-46)37-17-9-16-36(30-37)33-14-5-2-6-15-33/h1-31,46,48H. The minimum absolute atomic E-state index is 0.110. The van der Waals surface area contributed by atoms with Crippen molar-refractivity contribution in [2.24, 2.45) is 0 Å². The number of aromatic nitrogens is 3. The number of furan rings is 1. The zero-order valence-corrected chi connectivity index (χ0v) is 30.2. The molecule has 264 valence electrons. The molecular weight excluding hydrogens is 687 g/mol. The summed E-state index contributed by atoms with van der Waals surface area (Å²) in [5, 5.41) is 2.01. The fourth-order valence-electron chi connectivity index (χ4n) is 8.22. The SMILES string of the molecule is C1=CC2Oc3ccc(-c4cccc(-c5ccccc5)c4)cc3C2C(c2nc(-c3ccc(-c4ccccc4)cc3)nc(-c3cccc4oc5ccccc5c34)n2)=C1. The van der Waals surface area contributed by atoms with Crippen LogP contribution in [-0.2, 0) is 0 Å². The van der Waals surface area contributed by atoms with E-state index in [4.69, 9.17) is 24.1 Å². The Hall–Kier alpha value is -7.37. The predicted molar refractivity (Wildman–Crippen MR) is 225 cm³/mol. The summed E-state index contributed by atoms with van der Waals surface area (Å²) in [4.78, 5) is 15.7. The van der Waals surface area contributed by atoms with E-state index in [2.05, 4.69) is 146 Å². The maximum Gasteiger partial charge on any atom is 0.164 e. The van der Waals surface area contributed by atoms with Crippen molar-refractivity contribution >= 4 is 27.5 Å². The van der Waals surface area contributed by atoms with Crippen LogP contribution in [0, 0.1) is 0 Å². The van der Waals surface area contributed by atoms with Gasteiger partial charge >= 0.3 is 0 Å². The largest absolute Gasteiger partial charge is 0.485 e. The summed E-state index contributed by atoms with van der Waals surface area (Å²) < 4.78 is 12.9. The average Bonchev–Trinajstić information content (AvgIpc) is 3.85. The van der Waals surface area contributed by atoms with Gasteiger partial charge in [-0.3, -0.25) is 0 Å². The van der Waals surface area contributed by atoms with E-state index in [9.17, 15) is 0 Å². The molecule has 2 atom stereocenters. The van der Waals surface area contributed by atoms with Crippen LogP contribution in [0.3, 0.4) is 0 Å². The molecule has 9 aromatic rings. The molecule has 1 aliphatic heterocycles. The smallest absolute Gasteiger partial charge is 0.164 e. The number of hydrogen-bond acceptors (Lipinski definition) is 5. The first-order valence-corrected chi connectivity index (χ1v) is 18.9. The second kappa shape index (κ2) is 13.2. The van der Waals surface area contributed by atoms with Crippen molar-refractivity contribution in [3.8, 4) is 61.9 Å². The number of hydrogen-bond donors (Lipinski definition) is 0. The van der Waals surface area contributed by atoms with Crippen LogP contribution in [0.1, 0.15) is 17.3 Å². The number of benzene rings is 7. The van der Waals surface area contributed by atoms with Gasteiger partial charge in [-0.25, -0.2) is 15.0 Å². The van der Waals surface area contributed by atoms with Crippen LogP contribution < -0.4 is 4.74 Å². The van der Waals surface area contributed by atoms with Crippen LogP contribution in [0.15, 0.2) is 193 Å². The van der Waals surface area contributed by atoms with Gasteiger partial charge in [0, 0.05) is 33.0 Å². The molecule has 0 fully saturated rings. The first kappa shape index (κ1) is 32.1. The topological polar surface area (TPSA) is 61.0 Å². The number of rotatable bonds is 6. The lowest BCUT2D eigenvalue weighted by atomic mass is 9.83. The lowest BCUT2D eigenvalue weighted by Crippen LogP contribution is -2.20. The van der Waals surface area contributed by atoms with Crippen LogP contribution in [0.5, 0.6) is 5.75 Å². The van der Waals surface area contributed by atoms with Gasteiger partial charge in [0.15, 0.2) is 17.5 Å². The minimum Gasteiger partial charge on any atom is -0.485 e. The first-order valence-electron chi connectivity index (χ1n) is 18.9.